The number of fused-ring (bicyclic) bond motifs is 1. The highest BCUT2D eigenvalue weighted by Gasteiger charge is 2.44. The Labute approximate surface area is 356 Å². The molecule has 5 amide bonds. The molecular weight excluding hydrogens is 769 g/mol. The van der Waals surface area contributed by atoms with Crippen molar-refractivity contribution in [3.8, 4) is 12.3 Å². The predicted octanol–water partition coefficient (Wildman–Crippen LogP) is 3.07. The number of nitrogens with one attached hydrogen (secondary N) is 5. The summed E-state index contributed by atoms with van der Waals surface area (Å²) in [5.74, 6) is -0.420. The number of Topliss-reactive ketones (excluding diaryl/α,β-unsaturated/α-hetero) is 1. The summed E-state index contributed by atoms with van der Waals surface area (Å²) >= 11 is 4.21. The largest absolute Gasteiger partial charge is 0.360 e. The molecule has 2 aliphatic rings. The fraction of sp³-hybridized carbons (Fsp3) is 0.636. The highest BCUT2D eigenvalue weighted by atomic mass is 32.1. The van der Waals surface area contributed by atoms with E-state index in [1.54, 1.807) is 0 Å². The van der Waals surface area contributed by atoms with E-state index in [-0.39, 0.29) is 54.7 Å². The lowest BCUT2D eigenvalue weighted by atomic mass is 9.82. The van der Waals surface area contributed by atoms with E-state index in [1.165, 1.54) is 11.1 Å². The highest BCUT2D eigenvalue weighted by molar-refractivity contribution is 7.80. The molecule has 324 valence electrons. The maximum atomic E-state index is 14.8. The molecule has 8 atom stereocenters. The van der Waals surface area contributed by atoms with Gasteiger partial charge in [0.05, 0.1) is 18.5 Å². The van der Waals surface area contributed by atoms with Crippen LogP contribution in [0.3, 0.4) is 0 Å². The van der Waals surface area contributed by atoms with Crippen LogP contribution in [0.5, 0.6) is 0 Å². The van der Waals surface area contributed by atoms with Crippen LogP contribution in [0.1, 0.15) is 100.0 Å². The molecule has 5 N–H and O–H groups in total. The summed E-state index contributed by atoms with van der Waals surface area (Å²) < 4.78 is 0. The Balaban J connectivity index is 2.11. The molecule has 2 aliphatic heterocycles. The second-order valence-electron chi connectivity index (χ2n) is 18.2. The molecule has 59 heavy (non-hydrogen) atoms. The fourth-order valence-corrected chi connectivity index (χ4v) is 7.44. The normalized spacial score (nSPS) is 22.7. The summed E-state index contributed by atoms with van der Waals surface area (Å²) in [7, 11) is 0. The Morgan fingerprint density at radius 2 is 1.68 bits per heavy atom. The van der Waals surface area contributed by atoms with Gasteiger partial charge in [-0.2, -0.15) is 12.6 Å². The van der Waals surface area contributed by atoms with Crippen LogP contribution in [0.15, 0.2) is 40.3 Å². The van der Waals surface area contributed by atoms with Crippen LogP contribution < -0.4 is 26.6 Å². The van der Waals surface area contributed by atoms with E-state index in [2.05, 4.69) is 50.1 Å². The average Bonchev–Trinajstić information content (AvgIpc) is 3.54. The van der Waals surface area contributed by atoms with Gasteiger partial charge in [0, 0.05) is 37.4 Å². The first-order valence-electron chi connectivity index (χ1n) is 20.5. The molecule has 1 saturated heterocycles. The summed E-state index contributed by atoms with van der Waals surface area (Å²) in [6.07, 6.45) is 7.31. The number of aliphatic imine (C=N–C) groups is 2. The van der Waals surface area contributed by atoms with Gasteiger partial charge in [-0.15, -0.1) is 6.42 Å². The van der Waals surface area contributed by atoms with Crippen molar-refractivity contribution in [2.45, 2.75) is 131 Å². The van der Waals surface area contributed by atoms with Gasteiger partial charge in [0.15, 0.2) is 0 Å². The van der Waals surface area contributed by atoms with Crippen LogP contribution >= 0.6 is 12.6 Å². The minimum Gasteiger partial charge on any atom is -0.360 e. The van der Waals surface area contributed by atoms with Crippen molar-refractivity contribution in [2.24, 2.45) is 32.7 Å². The standard InChI is InChI=1S/C44H66N8O6S/c1-12-16-31(53)23-30(24-45-20-22-59)47-40(56)34(28(5)29-17-14-13-15-18-29)49-42(58)37(44(9,10)11)50-38-36(43(6,7)8)51-39(55)33(26(2)3)48-41(57)35-27(4)19-21-52(35)32(54)25-46-38/h1,13-15,17-18,24,26-28,30,33-37,59H,16,19-23,25H2,2-11H3,(H,46,50)(H,47,56)(H,48,57)(H,49,58)(H,51,55)/t27-,28+,30-,33+,34?,35+,36?,37?/m1/s1. The Hall–Kier alpha value is -4.71. The van der Waals surface area contributed by atoms with Crippen molar-refractivity contribution >= 4 is 60.0 Å². The van der Waals surface area contributed by atoms with E-state index in [9.17, 15) is 28.8 Å². The number of thiol groups is 1. The van der Waals surface area contributed by atoms with E-state index in [1.807, 2.05) is 99.6 Å². The lowest BCUT2D eigenvalue weighted by Gasteiger charge is -2.39. The lowest BCUT2D eigenvalue weighted by Crippen LogP contribution is -2.65. The van der Waals surface area contributed by atoms with Gasteiger partial charge in [0.1, 0.15) is 42.3 Å². The molecule has 0 aliphatic carbocycles. The second-order valence-corrected chi connectivity index (χ2v) is 18.6. The second kappa shape index (κ2) is 21.5. The first kappa shape index (κ1) is 48.7. The van der Waals surface area contributed by atoms with Crippen LogP contribution in [0.25, 0.3) is 0 Å². The molecule has 1 aromatic rings. The molecule has 0 aromatic heterocycles. The number of ketones is 1. The van der Waals surface area contributed by atoms with E-state index in [0.717, 1.165) is 5.56 Å². The van der Waals surface area contributed by atoms with Gasteiger partial charge in [0.25, 0.3) is 0 Å². The van der Waals surface area contributed by atoms with Crippen molar-refractivity contribution in [3.05, 3.63) is 35.9 Å². The summed E-state index contributed by atoms with van der Waals surface area (Å²) in [6.45, 7) is 19.1. The van der Waals surface area contributed by atoms with E-state index < -0.39 is 70.7 Å². The average molecular weight is 835 g/mol. The number of terminal acetylenes is 1. The number of amidine groups is 1. The van der Waals surface area contributed by atoms with Crippen molar-refractivity contribution in [3.63, 3.8) is 0 Å². The predicted molar refractivity (Wildman–Crippen MR) is 235 cm³/mol. The van der Waals surface area contributed by atoms with Crippen LogP contribution in [0.4, 0.5) is 0 Å². The Bertz CT molecular complexity index is 1760. The number of nitrogens with zero attached hydrogens (tertiary/aromatic N) is 3. The molecule has 14 nitrogen and oxygen atoms in total. The number of benzene rings is 1. The zero-order chi connectivity index (χ0) is 44.2. The van der Waals surface area contributed by atoms with Gasteiger partial charge in [-0.25, -0.2) is 0 Å². The summed E-state index contributed by atoms with van der Waals surface area (Å²) in [5, 5.41) is 15.3. The number of amides is 5. The third-order valence-electron chi connectivity index (χ3n) is 10.8. The summed E-state index contributed by atoms with van der Waals surface area (Å²) in [6, 6.07) is 3.81. The molecule has 3 rings (SSSR count). The molecule has 0 bridgehead atoms. The van der Waals surface area contributed by atoms with Gasteiger partial charge in [-0.1, -0.05) is 105 Å². The Morgan fingerprint density at radius 3 is 2.25 bits per heavy atom. The van der Waals surface area contributed by atoms with Crippen molar-refractivity contribution in [1.29, 1.82) is 0 Å². The van der Waals surface area contributed by atoms with Gasteiger partial charge in [0.2, 0.25) is 29.5 Å². The van der Waals surface area contributed by atoms with Gasteiger partial charge in [-0.3, -0.25) is 38.8 Å². The zero-order valence-electron chi connectivity index (χ0n) is 36.4. The first-order valence-corrected chi connectivity index (χ1v) is 21.2. The number of hydrogen-bond donors (Lipinski definition) is 6. The Kier molecular flexibility index (Phi) is 17.7. The minimum absolute atomic E-state index is 0.0878. The third kappa shape index (κ3) is 13.7. The van der Waals surface area contributed by atoms with E-state index in [0.29, 0.717) is 25.3 Å². The smallest absolute Gasteiger partial charge is 0.244 e. The molecular formula is C44H66N8O6S. The van der Waals surface area contributed by atoms with Gasteiger partial charge >= 0.3 is 0 Å². The topological polar surface area (TPSA) is 191 Å². The lowest BCUT2D eigenvalue weighted by molar-refractivity contribution is -0.140. The molecule has 15 heteroatoms. The molecule has 0 saturated carbocycles. The van der Waals surface area contributed by atoms with Crippen LogP contribution in [0, 0.1) is 35.0 Å². The fourth-order valence-electron chi connectivity index (χ4n) is 7.32. The third-order valence-corrected chi connectivity index (χ3v) is 11.0. The van der Waals surface area contributed by atoms with E-state index in [4.69, 9.17) is 11.4 Å². The maximum absolute atomic E-state index is 14.8. The monoisotopic (exact) mass is 834 g/mol. The molecule has 0 radical (unpaired) electrons. The van der Waals surface area contributed by atoms with Crippen LogP contribution in [0.2, 0.25) is 0 Å². The maximum Gasteiger partial charge on any atom is 0.244 e. The first-order chi connectivity index (χ1) is 27.6. The molecule has 0 spiro atoms. The molecule has 1 fully saturated rings. The minimum atomic E-state index is -1.12. The van der Waals surface area contributed by atoms with Crippen LogP contribution in [-0.4, -0.2) is 114 Å². The van der Waals surface area contributed by atoms with Crippen molar-refractivity contribution in [2.75, 3.05) is 25.4 Å². The molecule has 2 heterocycles. The van der Waals surface area contributed by atoms with E-state index >= 15 is 0 Å². The molecule has 3 unspecified atom stereocenters. The van der Waals surface area contributed by atoms with Crippen LogP contribution in [-0.2, 0) is 28.8 Å². The van der Waals surface area contributed by atoms with Gasteiger partial charge in [-0.05, 0) is 34.7 Å². The van der Waals surface area contributed by atoms with Gasteiger partial charge < -0.3 is 31.5 Å². The van der Waals surface area contributed by atoms with Crippen molar-refractivity contribution < 1.29 is 28.8 Å². The Morgan fingerprint density at radius 1 is 1.02 bits per heavy atom. The number of hydrogen-bond acceptors (Lipinski definition) is 10. The summed E-state index contributed by atoms with van der Waals surface area (Å²) in [4.78, 5) is 94.0. The molecule has 1 aromatic carbocycles. The highest BCUT2D eigenvalue weighted by Crippen LogP contribution is 2.28. The SMILES string of the molecule is C#CCC(=O)C[C@H](C=NCCS)NC(=O)C(NC(=O)C(NC1=NCC(=O)N2CC[C@@H](C)[C@H]2C(=O)N[C@@H](C(C)C)C(=O)NC1C(C)(C)C)C(C)(C)C)[C@@H](C)c1ccccc1. The zero-order valence-corrected chi connectivity index (χ0v) is 37.3. The number of carbonyl (C=O) groups is 6. The number of carbonyl (C=O) groups excluding carboxylic acids is 6. The summed E-state index contributed by atoms with van der Waals surface area (Å²) in [5.41, 5.74) is -0.720. The van der Waals surface area contributed by atoms with Crippen molar-refractivity contribution in [1.82, 2.24) is 31.5 Å². The quantitative estimate of drug-likeness (QED) is 0.0944. The number of rotatable bonds is 14.